The zero-order chi connectivity index (χ0) is 19.6. The summed E-state index contributed by atoms with van der Waals surface area (Å²) in [6, 6.07) is 6.43. The van der Waals surface area contributed by atoms with Gasteiger partial charge in [0.2, 0.25) is 5.91 Å². The predicted molar refractivity (Wildman–Crippen MR) is 99.9 cm³/mol. The Labute approximate surface area is 155 Å². The molecule has 0 aliphatic carbocycles. The minimum Gasteiger partial charge on any atom is -0.497 e. The van der Waals surface area contributed by atoms with E-state index in [0.717, 1.165) is 32.1 Å². The van der Waals surface area contributed by atoms with Crippen molar-refractivity contribution >= 4 is 13.7 Å². The fourth-order valence-electron chi connectivity index (χ4n) is 2.68. The van der Waals surface area contributed by atoms with E-state index in [1.807, 2.05) is 0 Å². The Kier molecular flexibility index (Phi) is 9.88. The highest BCUT2D eigenvalue weighted by atomic mass is 31.2. The fraction of sp³-hybridized carbons (Fsp3) is 0.611. The maximum atomic E-state index is 12.5. The van der Waals surface area contributed by atoms with Crippen LogP contribution in [0.25, 0.3) is 0 Å². The number of hydrogen-bond donors (Lipinski definition) is 2. The summed E-state index contributed by atoms with van der Waals surface area (Å²) in [6.45, 7) is 1.84. The van der Waals surface area contributed by atoms with Crippen molar-refractivity contribution in [1.82, 2.24) is 4.90 Å². The fourth-order valence-corrected chi connectivity index (χ4v) is 3.01. The van der Waals surface area contributed by atoms with Crippen LogP contribution in [0.4, 0.5) is 0 Å². The van der Waals surface area contributed by atoms with Crippen molar-refractivity contribution in [3.05, 3.63) is 29.8 Å². The maximum absolute atomic E-state index is 12.5. The number of nitrogens with zero attached hydrogens (tertiary/aromatic N) is 1. The van der Waals surface area contributed by atoms with Crippen LogP contribution >= 0.6 is 7.82 Å². The van der Waals surface area contributed by atoms with Gasteiger partial charge < -0.3 is 19.4 Å². The molecule has 0 spiro atoms. The van der Waals surface area contributed by atoms with Gasteiger partial charge in [-0.3, -0.25) is 9.32 Å². The first-order valence-electron chi connectivity index (χ1n) is 8.88. The monoisotopic (exact) mass is 387 g/mol. The molecule has 0 fully saturated rings. The van der Waals surface area contributed by atoms with Crippen molar-refractivity contribution in [2.24, 2.45) is 0 Å². The van der Waals surface area contributed by atoms with Crippen LogP contribution in [0.1, 0.15) is 57.1 Å². The van der Waals surface area contributed by atoms with E-state index in [4.69, 9.17) is 14.5 Å². The average Bonchev–Trinajstić information content (AvgIpc) is 2.60. The molecule has 1 rings (SSSR count). The number of phosphoric ester groups is 1. The van der Waals surface area contributed by atoms with Gasteiger partial charge in [0.05, 0.1) is 19.8 Å². The van der Waals surface area contributed by atoms with Gasteiger partial charge in [0.25, 0.3) is 0 Å². The molecule has 0 heterocycles. The van der Waals surface area contributed by atoms with E-state index >= 15 is 0 Å². The first kappa shape index (κ1) is 22.6. The number of methoxy groups -OCH3 is 1. The minimum absolute atomic E-state index is 0.0800. The number of carbonyl (C=O) groups is 1. The van der Waals surface area contributed by atoms with Gasteiger partial charge in [0.15, 0.2) is 0 Å². The highest BCUT2D eigenvalue weighted by molar-refractivity contribution is 7.46. The van der Waals surface area contributed by atoms with E-state index < -0.39 is 13.9 Å². The number of carbonyl (C=O) groups excluding carboxylic acids is 1. The highest BCUT2D eigenvalue weighted by Gasteiger charge is 2.26. The molecule has 26 heavy (non-hydrogen) atoms. The molecule has 0 saturated heterocycles. The molecule has 0 bridgehead atoms. The number of likely N-dealkylation sites (N-methyl/N-ethyl adjacent to an activating group) is 1. The first-order chi connectivity index (χ1) is 12.3. The van der Waals surface area contributed by atoms with Crippen LogP contribution in [-0.2, 0) is 13.9 Å². The molecule has 148 valence electrons. The molecule has 1 atom stereocenters. The van der Waals surface area contributed by atoms with Crippen LogP contribution in [0.15, 0.2) is 24.3 Å². The SMILES string of the molecule is CCCCCCCC(=O)N(C)[C@@H](COP(=O)(O)O)c1cccc(OC)c1. The second-order valence-electron chi connectivity index (χ2n) is 6.25. The van der Waals surface area contributed by atoms with Gasteiger partial charge in [-0.2, -0.15) is 0 Å². The van der Waals surface area contributed by atoms with E-state index in [2.05, 4.69) is 11.4 Å². The van der Waals surface area contributed by atoms with Crippen LogP contribution in [0, 0.1) is 0 Å². The number of phosphoric acid groups is 1. The van der Waals surface area contributed by atoms with E-state index in [-0.39, 0.29) is 12.5 Å². The summed E-state index contributed by atoms with van der Waals surface area (Å²) in [7, 11) is -1.47. The number of hydrogen-bond acceptors (Lipinski definition) is 4. The van der Waals surface area contributed by atoms with Crippen LogP contribution in [0.2, 0.25) is 0 Å². The maximum Gasteiger partial charge on any atom is 0.469 e. The van der Waals surface area contributed by atoms with E-state index in [1.165, 1.54) is 12.0 Å². The van der Waals surface area contributed by atoms with Gasteiger partial charge in [-0.1, -0.05) is 44.7 Å². The molecule has 0 radical (unpaired) electrons. The summed E-state index contributed by atoms with van der Waals surface area (Å²) in [5.41, 5.74) is 0.694. The summed E-state index contributed by atoms with van der Waals surface area (Å²) in [5, 5.41) is 0. The largest absolute Gasteiger partial charge is 0.497 e. The molecule has 0 aromatic heterocycles. The number of rotatable bonds is 12. The predicted octanol–water partition coefficient (Wildman–Crippen LogP) is 3.66. The Hall–Kier alpha value is -1.40. The van der Waals surface area contributed by atoms with Gasteiger partial charge in [-0.25, -0.2) is 4.57 Å². The van der Waals surface area contributed by atoms with Crippen LogP contribution in [0.3, 0.4) is 0 Å². The van der Waals surface area contributed by atoms with Crippen molar-refractivity contribution in [3.8, 4) is 5.75 Å². The van der Waals surface area contributed by atoms with Gasteiger partial charge in [0.1, 0.15) is 5.75 Å². The molecule has 1 aromatic rings. The Morgan fingerprint density at radius 1 is 1.23 bits per heavy atom. The number of benzene rings is 1. The third kappa shape index (κ3) is 8.32. The van der Waals surface area contributed by atoms with Crippen molar-refractivity contribution < 1.29 is 28.4 Å². The Morgan fingerprint density at radius 2 is 1.92 bits per heavy atom. The molecule has 0 saturated carbocycles. The van der Waals surface area contributed by atoms with Crippen molar-refractivity contribution in [1.29, 1.82) is 0 Å². The van der Waals surface area contributed by atoms with Crippen molar-refractivity contribution in [2.45, 2.75) is 51.5 Å². The lowest BCUT2D eigenvalue weighted by Crippen LogP contribution is -2.33. The van der Waals surface area contributed by atoms with E-state index in [0.29, 0.717) is 17.7 Å². The third-order valence-corrected chi connectivity index (χ3v) is 4.72. The molecular weight excluding hydrogens is 357 g/mol. The van der Waals surface area contributed by atoms with Crippen molar-refractivity contribution in [2.75, 3.05) is 20.8 Å². The summed E-state index contributed by atoms with van der Waals surface area (Å²) in [6.07, 6.45) is 5.60. The molecule has 0 aliphatic rings. The third-order valence-electron chi connectivity index (χ3n) is 4.23. The molecule has 1 aromatic carbocycles. The lowest BCUT2D eigenvalue weighted by atomic mass is 10.0. The second-order valence-corrected chi connectivity index (χ2v) is 7.49. The summed E-state index contributed by atoms with van der Waals surface area (Å²) >= 11 is 0. The molecule has 8 heteroatoms. The zero-order valence-electron chi connectivity index (χ0n) is 15.8. The molecule has 0 unspecified atom stereocenters. The van der Waals surface area contributed by atoms with Crippen LogP contribution in [0.5, 0.6) is 5.75 Å². The molecule has 0 aliphatic heterocycles. The number of ether oxygens (including phenoxy) is 1. The quantitative estimate of drug-likeness (QED) is 0.420. The van der Waals surface area contributed by atoms with Crippen LogP contribution in [-0.4, -0.2) is 41.4 Å². The average molecular weight is 387 g/mol. The van der Waals surface area contributed by atoms with Crippen molar-refractivity contribution in [3.63, 3.8) is 0 Å². The molecule has 1 amide bonds. The van der Waals surface area contributed by atoms with Crippen LogP contribution < -0.4 is 4.74 Å². The first-order valence-corrected chi connectivity index (χ1v) is 10.4. The number of unbranched alkanes of at least 4 members (excludes halogenated alkanes) is 4. The lowest BCUT2D eigenvalue weighted by molar-refractivity contribution is -0.133. The molecule has 7 nitrogen and oxygen atoms in total. The smallest absolute Gasteiger partial charge is 0.469 e. The Bertz CT molecular complexity index is 603. The topological polar surface area (TPSA) is 96.3 Å². The number of amides is 1. The standard InChI is InChI=1S/C18H30NO6P/c1-4-5-6-7-8-12-18(20)19(2)17(14-25-26(21,22)23)15-10-9-11-16(13-15)24-3/h9-11,13,17H,4-8,12,14H2,1-3H3,(H2,21,22,23)/t17-/m0/s1. The summed E-state index contributed by atoms with van der Waals surface area (Å²) in [4.78, 5) is 32.0. The van der Waals surface area contributed by atoms with E-state index in [9.17, 15) is 9.36 Å². The van der Waals surface area contributed by atoms with Gasteiger partial charge in [-0.15, -0.1) is 0 Å². The Balaban J connectivity index is 2.82. The van der Waals surface area contributed by atoms with Gasteiger partial charge in [-0.05, 0) is 24.1 Å². The zero-order valence-corrected chi connectivity index (χ0v) is 16.7. The normalized spacial score (nSPS) is 12.7. The van der Waals surface area contributed by atoms with Gasteiger partial charge >= 0.3 is 7.82 Å². The summed E-state index contributed by atoms with van der Waals surface area (Å²) in [5.74, 6) is 0.521. The highest BCUT2D eigenvalue weighted by Crippen LogP contribution is 2.38. The van der Waals surface area contributed by atoms with Gasteiger partial charge in [0, 0.05) is 13.5 Å². The second kappa shape index (κ2) is 11.3. The minimum atomic E-state index is -4.63. The molecular formula is C18H30NO6P. The lowest BCUT2D eigenvalue weighted by Gasteiger charge is -2.29. The summed E-state index contributed by atoms with van der Waals surface area (Å²) < 4.78 is 21.0. The Morgan fingerprint density at radius 3 is 2.54 bits per heavy atom. The molecule has 2 N–H and O–H groups in total. The van der Waals surface area contributed by atoms with E-state index in [1.54, 1.807) is 31.3 Å².